The zero-order valence-corrected chi connectivity index (χ0v) is 7.38. The highest BCUT2D eigenvalue weighted by molar-refractivity contribution is 6.19. The van der Waals surface area contributed by atoms with Crippen LogP contribution in [0.2, 0.25) is 0 Å². The van der Waals surface area contributed by atoms with E-state index in [-0.39, 0.29) is 5.88 Å². The monoisotopic (exact) mass is 194 g/mol. The molecule has 0 bridgehead atoms. The largest absolute Gasteiger partial charge is 0.391 e. The van der Waals surface area contributed by atoms with E-state index in [9.17, 15) is 9.59 Å². The SMILES string of the molecule is C[C@H](N)C(=O)OC(=O)[C@H](N)CCl. The highest BCUT2D eigenvalue weighted by atomic mass is 35.5. The van der Waals surface area contributed by atoms with Gasteiger partial charge in [-0.05, 0) is 6.92 Å². The molecule has 0 rings (SSSR count). The second-order valence-corrected chi connectivity index (χ2v) is 2.60. The van der Waals surface area contributed by atoms with Crippen LogP contribution in [-0.2, 0) is 14.3 Å². The average molecular weight is 195 g/mol. The number of carbonyl (C=O) groups is 2. The summed E-state index contributed by atoms with van der Waals surface area (Å²) in [5.41, 5.74) is 10.3. The Balaban J connectivity index is 3.93. The maximum atomic E-state index is 10.8. The Hall–Kier alpha value is -0.650. The van der Waals surface area contributed by atoms with Crippen molar-refractivity contribution in [3.05, 3.63) is 0 Å². The minimum atomic E-state index is -0.977. The molecule has 5 nitrogen and oxygen atoms in total. The molecule has 0 aromatic carbocycles. The third kappa shape index (κ3) is 3.66. The molecule has 0 aliphatic carbocycles. The Morgan fingerprint density at radius 1 is 1.42 bits per heavy atom. The Morgan fingerprint density at radius 3 is 2.25 bits per heavy atom. The molecule has 0 fully saturated rings. The van der Waals surface area contributed by atoms with Crippen LogP contribution in [0.1, 0.15) is 6.92 Å². The fourth-order valence-corrected chi connectivity index (χ4v) is 0.457. The summed E-state index contributed by atoms with van der Waals surface area (Å²) in [6.45, 7) is 1.40. The average Bonchev–Trinajstić information content (AvgIpc) is 2.02. The predicted octanol–water partition coefficient (Wildman–Crippen LogP) is -1.03. The van der Waals surface area contributed by atoms with Gasteiger partial charge in [-0.15, -0.1) is 11.6 Å². The predicted molar refractivity (Wildman–Crippen MR) is 43.4 cm³/mol. The van der Waals surface area contributed by atoms with Crippen molar-refractivity contribution in [3.8, 4) is 0 Å². The van der Waals surface area contributed by atoms with E-state index in [1.165, 1.54) is 6.92 Å². The van der Waals surface area contributed by atoms with E-state index in [1.54, 1.807) is 0 Å². The van der Waals surface area contributed by atoms with Gasteiger partial charge in [0.1, 0.15) is 12.1 Å². The van der Waals surface area contributed by atoms with E-state index in [0.717, 1.165) is 0 Å². The number of esters is 2. The van der Waals surface area contributed by atoms with Gasteiger partial charge in [0.15, 0.2) is 0 Å². The zero-order valence-electron chi connectivity index (χ0n) is 6.62. The molecule has 0 aliphatic rings. The van der Waals surface area contributed by atoms with Crippen LogP contribution in [0.5, 0.6) is 0 Å². The lowest BCUT2D eigenvalue weighted by Gasteiger charge is -2.08. The Bertz CT molecular complexity index is 184. The lowest BCUT2D eigenvalue weighted by Crippen LogP contribution is -2.39. The molecule has 0 unspecified atom stereocenters. The van der Waals surface area contributed by atoms with Crippen LogP contribution in [0, 0.1) is 0 Å². The maximum absolute atomic E-state index is 10.8. The molecule has 0 aromatic rings. The molecule has 0 aromatic heterocycles. The van der Waals surface area contributed by atoms with Gasteiger partial charge in [0, 0.05) is 5.88 Å². The van der Waals surface area contributed by atoms with E-state index in [1.807, 2.05) is 0 Å². The molecule has 0 radical (unpaired) electrons. The summed E-state index contributed by atoms with van der Waals surface area (Å²) in [6, 6.07) is -1.81. The summed E-state index contributed by atoms with van der Waals surface area (Å²) >= 11 is 5.24. The number of rotatable bonds is 3. The van der Waals surface area contributed by atoms with Crippen molar-refractivity contribution < 1.29 is 14.3 Å². The number of carbonyl (C=O) groups excluding carboxylic acids is 2. The summed E-state index contributed by atoms with van der Waals surface area (Å²) in [4.78, 5) is 21.5. The van der Waals surface area contributed by atoms with Crippen LogP contribution in [0.25, 0.3) is 0 Å². The van der Waals surface area contributed by atoms with Gasteiger partial charge in [0.05, 0.1) is 0 Å². The minimum absolute atomic E-state index is 0.0922. The number of hydrogen-bond donors (Lipinski definition) is 2. The normalized spacial score (nSPS) is 15.0. The van der Waals surface area contributed by atoms with Gasteiger partial charge in [-0.3, -0.25) is 0 Å². The molecule has 4 N–H and O–H groups in total. The van der Waals surface area contributed by atoms with Gasteiger partial charge >= 0.3 is 11.9 Å². The third-order valence-corrected chi connectivity index (χ3v) is 1.37. The highest BCUT2D eigenvalue weighted by Gasteiger charge is 2.19. The van der Waals surface area contributed by atoms with Gasteiger partial charge in [0.2, 0.25) is 0 Å². The quantitative estimate of drug-likeness (QED) is 0.340. The van der Waals surface area contributed by atoms with Crippen LogP contribution >= 0.6 is 11.6 Å². The Labute approximate surface area is 75.0 Å². The molecule has 0 aliphatic heterocycles. The fourth-order valence-electron chi connectivity index (χ4n) is 0.331. The minimum Gasteiger partial charge on any atom is -0.391 e. The van der Waals surface area contributed by atoms with Crippen LogP contribution < -0.4 is 11.5 Å². The van der Waals surface area contributed by atoms with Crippen molar-refractivity contribution in [2.75, 3.05) is 5.88 Å². The van der Waals surface area contributed by atoms with Gasteiger partial charge in [0.25, 0.3) is 0 Å². The summed E-state index contributed by atoms with van der Waals surface area (Å²) < 4.78 is 4.25. The smallest absolute Gasteiger partial charge is 0.331 e. The van der Waals surface area contributed by atoms with Crippen molar-refractivity contribution in [1.82, 2.24) is 0 Å². The molecule has 0 saturated carbocycles. The summed E-state index contributed by atoms with van der Waals surface area (Å²) in [7, 11) is 0. The van der Waals surface area contributed by atoms with Crippen molar-refractivity contribution in [2.24, 2.45) is 11.5 Å². The molecule has 70 valence electrons. The van der Waals surface area contributed by atoms with Gasteiger partial charge < -0.3 is 16.2 Å². The van der Waals surface area contributed by atoms with E-state index in [0.29, 0.717) is 0 Å². The first-order valence-corrected chi connectivity index (χ1v) is 3.85. The van der Waals surface area contributed by atoms with Crippen LogP contribution in [-0.4, -0.2) is 29.9 Å². The van der Waals surface area contributed by atoms with Crippen molar-refractivity contribution >= 4 is 23.5 Å². The third-order valence-electron chi connectivity index (χ3n) is 1.04. The summed E-state index contributed by atoms with van der Waals surface area (Å²) in [5.74, 6) is -1.75. The molecular formula is C6H11ClN2O3. The molecule has 2 atom stereocenters. The molecule has 0 amide bonds. The maximum Gasteiger partial charge on any atom is 0.331 e. The Morgan fingerprint density at radius 2 is 1.92 bits per heavy atom. The first-order valence-electron chi connectivity index (χ1n) is 3.31. The topological polar surface area (TPSA) is 95.4 Å². The zero-order chi connectivity index (χ0) is 9.72. The number of halogens is 1. The van der Waals surface area contributed by atoms with E-state index >= 15 is 0 Å². The second kappa shape index (κ2) is 5.08. The van der Waals surface area contributed by atoms with E-state index in [4.69, 9.17) is 23.1 Å². The van der Waals surface area contributed by atoms with Gasteiger partial charge in [-0.2, -0.15) is 0 Å². The number of nitrogens with two attached hydrogens (primary N) is 2. The van der Waals surface area contributed by atoms with Crippen LogP contribution in [0.3, 0.4) is 0 Å². The molecule has 12 heavy (non-hydrogen) atoms. The first-order chi connectivity index (χ1) is 5.49. The van der Waals surface area contributed by atoms with Crippen LogP contribution in [0.15, 0.2) is 0 Å². The van der Waals surface area contributed by atoms with Crippen LogP contribution in [0.4, 0.5) is 0 Å². The fraction of sp³-hybridized carbons (Fsp3) is 0.667. The molecule has 0 spiro atoms. The van der Waals surface area contributed by atoms with Crippen molar-refractivity contribution in [3.63, 3.8) is 0 Å². The summed E-state index contributed by atoms with van der Waals surface area (Å²) in [6.07, 6.45) is 0. The lowest BCUT2D eigenvalue weighted by atomic mass is 10.3. The van der Waals surface area contributed by atoms with E-state index < -0.39 is 24.0 Å². The molecule has 0 heterocycles. The highest BCUT2D eigenvalue weighted by Crippen LogP contribution is 1.91. The molecular weight excluding hydrogens is 184 g/mol. The molecule has 0 saturated heterocycles. The first kappa shape index (κ1) is 11.4. The Kier molecular flexibility index (Phi) is 4.80. The van der Waals surface area contributed by atoms with Gasteiger partial charge in [-0.25, -0.2) is 9.59 Å². The van der Waals surface area contributed by atoms with E-state index in [2.05, 4.69) is 4.74 Å². The number of ether oxygens (including phenoxy) is 1. The van der Waals surface area contributed by atoms with Crippen molar-refractivity contribution in [2.45, 2.75) is 19.0 Å². The second-order valence-electron chi connectivity index (χ2n) is 2.29. The van der Waals surface area contributed by atoms with Crippen molar-refractivity contribution in [1.29, 1.82) is 0 Å². The summed E-state index contributed by atoms with van der Waals surface area (Å²) in [5, 5.41) is 0. The molecule has 6 heteroatoms. The number of alkyl halides is 1. The van der Waals surface area contributed by atoms with Gasteiger partial charge in [-0.1, -0.05) is 0 Å². The standard InChI is InChI=1S/C6H11ClN2O3/c1-3(8)5(10)12-6(11)4(9)2-7/h3-4H,2,8-9H2,1H3/t3-,4+/m0/s1. The lowest BCUT2D eigenvalue weighted by molar-refractivity contribution is -0.160. The number of hydrogen-bond acceptors (Lipinski definition) is 5.